The van der Waals surface area contributed by atoms with Crippen LogP contribution >= 0.6 is 0 Å². The number of ether oxygens (including phenoxy) is 2. The van der Waals surface area contributed by atoms with E-state index in [1.54, 1.807) is 0 Å². The quantitative estimate of drug-likeness (QED) is 0.0224. The van der Waals surface area contributed by atoms with Crippen molar-refractivity contribution in [2.75, 3.05) is 13.2 Å². The van der Waals surface area contributed by atoms with E-state index in [1.165, 1.54) is 103 Å². The first-order valence-corrected chi connectivity index (χ1v) is 23.7. The molecule has 0 spiro atoms. The molecule has 1 saturated heterocycles. The molecule has 0 aliphatic carbocycles. The topological polar surface area (TPSA) is 189 Å². The molecule has 1 aliphatic rings. The number of amides is 1. The molecule has 1 amide bonds. The Bertz CT molecular complexity index is 997. The SMILES string of the molecule is CCCCCCCCCCC/C=C\C/C=C\CCCCCCCCCCCCC(O)C(=O)NC(COC1OC(CO)C(O)C(O)C1O)C(O)C(O)CCCCCCC. The van der Waals surface area contributed by atoms with Crippen molar-refractivity contribution in [2.45, 2.75) is 255 Å². The molecule has 0 saturated carbocycles. The van der Waals surface area contributed by atoms with Gasteiger partial charge in [-0.1, -0.05) is 179 Å². The highest BCUT2D eigenvalue weighted by atomic mass is 16.7. The van der Waals surface area contributed by atoms with Crippen LogP contribution in [0.2, 0.25) is 0 Å². The van der Waals surface area contributed by atoms with E-state index >= 15 is 0 Å². The number of nitrogens with one attached hydrogen (secondary N) is 1. The van der Waals surface area contributed by atoms with Crippen LogP contribution in [0.15, 0.2) is 24.3 Å². The highest BCUT2D eigenvalue weighted by molar-refractivity contribution is 5.80. The van der Waals surface area contributed by atoms with Crippen LogP contribution in [-0.2, 0) is 14.3 Å². The van der Waals surface area contributed by atoms with E-state index in [0.29, 0.717) is 19.3 Å². The van der Waals surface area contributed by atoms with Crippen molar-refractivity contribution < 1.29 is 50.0 Å². The lowest BCUT2D eigenvalue weighted by molar-refractivity contribution is -0.303. The maximum absolute atomic E-state index is 13.0. The highest BCUT2D eigenvalue weighted by Crippen LogP contribution is 2.23. The molecule has 1 heterocycles. The minimum absolute atomic E-state index is 0.256. The van der Waals surface area contributed by atoms with Crippen LogP contribution < -0.4 is 5.32 Å². The normalized spacial score (nSPS) is 22.1. The summed E-state index contributed by atoms with van der Waals surface area (Å²) in [7, 11) is 0. The molecule has 9 atom stereocenters. The highest BCUT2D eigenvalue weighted by Gasteiger charge is 2.44. The molecular formula is C47H89NO10. The van der Waals surface area contributed by atoms with Crippen molar-refractivity contribution in [2.24, 2.45) is 0 Å². The Morgan fingerprint density at radius 3 is 1.53 bits per heavy atom. The largest absolute Gasteiger partial charge is 0.394 e. The number of aliphatic hydroxyl groups is 7. The maximum Gasteiger partial charge on any atom is 0.249 e. The monoisotopic (exact) mass is 828 g/mol. The van der Waals surface area contributed by atoms with Gasteiger partial charge in [0.1, 0.15) is 36.6 Å². The van der Waals surface area contributed by atoms with E-state index in [2.05, 4.69) is 43.5 Å². The molecule has 11 heteroatoms. The summed E-state index contributed by atoms with van der Waals surface area (Å²) in [4.78, 5) is 13.0. The first kappa shape index (κ1) is 54.6. The Labute approximate surface area is 353 Å². The molecule has 1 fully saturated rings. The van der Waals surface area contributed by atoms with E-state index < -0.39 is 74.2 Å². The van der Waals surface area contributed by atoms with Gasteiger partial charge in [0.2, 0.25) is 5.91 Å². The summed E-state index contributed by atoms with van der Waals surface area (Å²) >= 11 is 0. The summed E-state index contributed by atoms with van der Waals surface area (Å²) in [6, 6.07) is -1.16. The number of hydrogen-bond donors (Lipinski definition) is 8. The van der Waals surface area contributed by atoms with Crippen LogP contribution in [0.25, 0.3) is 0 Å². The Morgan fingerprint density at radius 1 is 0.603 bits per heavy atom. The fraction of sp³-hybridized carbons (Fsp3) is 0.894. The van der Waals surface area contributed by atoms with Crippen molar-refractivity contribution in [3.63, 3.8) is 0 Å². The predicted molar refractivity (Wildman–Crippen MR) is 233 cm³/mol. The molecule has 11 nitrogen and oxygen atoms in total. The van der Waals surface area contributed by atoms with Gasteiger partial charge < -0.3 is 50.5 Å². The lowest BCUT2D eigenvalue weighted by atomic mass is 9.98. The van der Waals surface area contributed by atoms with Crippen LogP contribution in [0.4, 0.5) is 0 Å². The number of aliphatic hydroxyl groups excluding tert-OH is 7. The maximum atomic E-state index is 13.0. The second kappa shape index (κ2) is 37.4. The van der Waals surface area contributed by atoms with Gasteiger partial charge in [0.25, 0.3) is 0 Å². The third-order valence-electron chi connectivity index (χ3n) is 11.5. The Hall–Kier alpha value is -1.41. The number of carbonyl (C=O) groups is 1. The van der Waals surface area contributed by atoms with E-state index in [0.717, 1.165) is 57.8 Å². The van der Waals surface area contributed by atoms with Crippen molar-refractivity contribution in [3.8, 4) is 0 Å². The first-order chi connectivity index (χ1) is 28.2. The van der Waals surface area contributed by atoms with Crippen molar-refractivity contribution in [1.82, 2.24) is 5.32 Å². The zero-order valence-electron chi connectivity index (χ0n) is 36.8. The lowest BCUT2D eigenvalue weighted by Crippen LogP contribution is -2.60. The van der Waals surface area contributed by atoms with E-state index in [4.69, 9.17) is 9.47 Å². The third-order valence-corrected chi connectivity index (χ3v) is 11.5. The van der Waals surface area contributed by atoms with Crippen LogP contribution in [0.3, 0.4) is 0 Å². The van der Waals surface area contributed by atoms with Crippen molar-refractivity contribution in [3.05, 3.63) is 24.3 Å². The molecule has 0 aromatic rings. The second-order valence-corrected chi connectivity index (χ2v) is 16.8. The molecule has 9 unspecified atom stereocenters. The summed E-state index contributed by atoms with van der Waals surface area (Å²) < 4.78 is 11.0. The Kier molecular flexibility index (Phi) is 35.2. The molecule has 1 aliphatic heterocycles. The standard InChI is InChI=1S/C47H89NO10/c1-3-5-7-9-10-11-12-13-14-15-16-17-18-19-20-21-22-23-24-25-26-27-28-29-31-33-35-40(51)46(56)48-38(42(52)39(50)34-32-30-8-6-4-2)37-57-47-45(55)44(54)43(53)41(36-49)58-47/h16-17,19-20,38-45,47,49-55H,3-15,18,21-37H2,1-2H3,(H,48,56)/b17-16-,20-19-. The Balaban J connectivity index is 2.23. The molecule has 8 N–H and O–H groups in total. The van der Waals surface area contributed by atoms with Crippen molar-refractivity contribution >= 4 is 5.91 Å². The van der Waals surface area contributed by atoms with Gasteiger partial charge >= 0.3 is 0 Å². The first-order valence-electron chi connectivity index (χ1n) is 23.7. The van der Waals surface area contributed by atoms with E-state index in [1.807, 2.05) is 0 Å². The molecule has 58 heavy (non-hydrogen) atoms. The summed E-state index contributed by atoms with van der Waals surface area (Å²) in [5.74, 6) is -0.705. The summed E-state index contributed by atoms with van der Waals surface area (Å²) in [6.07, 6.45) is 30.2. The van der Waals surface area contributed by atoms with Gasteiger partial charge in [-0.2, -0.15) is 0 Å². The molecular weight excluding hydrogens is 739 g/mol. The Morgan fingerprint density at radius 2 is 1.05 bits per heavy atom. The van der Waals surface area contributed by atoms with Gasteiger partial charge in [0, 0.05) is 0 Å². The van der Waals surface area contributed by atoms with Crippen LogP contribution in [-0.4, -0.2) is 110 Å². The third kappa shape index (κ3) is 26.7. The zero-order chi connectivity index (χ0) is 42.6. The van der Waals surface area contributed by atoms with E-state index in [-0.39, 0.29) is 6.42 Å². The molecule has 1 rings (SSSR count). The number of allylic oxidation sites excluding steroid dienone is 4. The average molecular weight is 828 g/mol. The molecule has 0 radical (unpaired) electrons. The van der Waals surface area contributed by atoms with Gasteiger partial charge in [0.15, 0.2) is 6.29 Å². The smallest absolute Gasteiger partial charge is 0.249 e. The second-order valence-electron chi connectivity index (χ2n) is 16.8. The average Bonchev–Trinajstić information content (AvgIpc) is 3.22. The fourth-order valence-corrected chi connectivity index (χ4v) is 7.53. The molecule has 0 aromatic heterocycles. The lowest BCUT2D eigenvalue weighted by Gasteiger charge is -2.40. The van der Waals surface area contributed by atoms with Gasteiger partial charge in [0.05, 0.1) is 25.4 Å². The number of unbranched alkanes of at least 4 members (excludes halogenated alkanes) is 23. The van der Waals surface area contributed by atoms with Crippen molar-refractivity contribution in [1.29, 1.82) is 0 Å². The predicted octanol–water partition coefficient (Wildman–Crippen LogP) is 7.84. The number of hydrogen-bond acceptors (Lipinski definition) is 10. The molecule has 342 valence electrons. The van der Waals surface area contributed by atoms with Crippen LogP contribution in [0.1, 0.15) is 200 Å². The fourth-order valence-electron chi connectivity index (χ4n) is 7.53. The van der Waals surface area contributed by atoms with Crippen LogP contribution in [0, 0.1) is 0 Å². The van der Waals surface area contributed by atoms with Gasteiger partial charge in [-0.05, 0) is 44.9 Å². The van der Waals surface area contributed by atoms with Gasteiger partial charge in [-0.15, -0.1) is 0 Å². The van der Waals surface area contributed by atoms with Gasteiger partial charge in [-0.25, -0.2) is 0 Å². The summed E-state index contributed by atoms with van der Waals surface area (Å²) in [6.45, 7) is 3.32. The van der Waals surface area contributed by atoms with E-state index in [9.17, 15) is 40.5 Å². The molecule has 0 aromatic carbocycles. The number of rotatable bonds is 39. The van der Waals surface area contributed by atoms with Crippen LogP contribution in [0.5, 0.6) is 0 Å². The number of carbonyl (C=O) groups excluding carboxylic acids is 1. The zero-order valence-corrected chi connectivity index (χ0v) is 36.8. The minimum atomic E-state index is -1.66. The summed E-state index contributed by atoms with van der Waals surface area (Å²) in [5, 5.41) is 75.0. The summed E-state index contributed by atoms with van der Waals surface area (Å²) in [5.41, 5.74) is 0. The minimum Gasteiger partial charge on any atom is -0.394 e. The van der Waals surface area contributed by atoms with Gasteiger partial charge in [-0.3, -0.25) is 4.79 Å². The molecule has 0 bridgehead atoms.